The number of nitrogens with zero attached hydrogens (tertiary/aromatic N) is 1. The van der Waals surface area contributed by atoms with Crippen molar-refractivity contribution >= 4 is 10.8 Å². The topological polar surface area (TPSA) is 59.4 Å². The molecule has 2 rings (SSSR count). The molecule has 0 saturated heterocycles. The number of pyridine rings is 1. The Bertz CT molecular complexity index is 636. The summed E-state index contributed by atoms with van der Waals surface area (Å²) in [5.74, 6) is 0.803. The summed E-state index contributed by atoms with van der Waals surface area (Å²) in [4.78, 5) is 4.03. The molecule has 23 heavy (non-hydrogen) atoms. The van der Waals surface area contributed by atoms with Gasteiger partial charge in [-0.2, -0.15) is 0 Å². The lowest BCUT2D eigenvalue weighted by Crippen LogP contribution is -2.24. The first kappa shape index (κ1) is 17.6. The molecule has 4 nitrogen and oxygen atoms in total. The maximum absolute atomic E-state index is 12.1. The summed E-state index contributed by atoms with van der Waals surface area (Å²) in [6.07, 6.45) is 0.785. The highest BCUT2D eigenvalue weighted by molar-refractivity contribution is 7.85. The van der Waals surface area contributed by atoms with E-state index in [1.165, 1.54) is 5.56 Å². The quantitative estimate of drug-likeness (QED) is 0.883. The van der Waals surface area contributed by atoms with Crippen molar-refractivity contribution in [3.63, 3.8) is 0 Å². The minimum absolute atomic E-state index is 0.0949. The molecule has 0 radical (unpaired) electrons. The van der Waals surface area contributed by atoms with Crippen LogP contribution in [0.4, 0.5) is 0 Å². The number of aromatic nitrogens is 1. The maximum Gasteiger partial charge on any atom is 0.127 e. The van der Waals surface area contributed by atoms with E-state index < -0.39 is 16.9 Å². The molecule has 0 aliphatic heterocycles. The molecule has 124 valence electrons. The Kier molecular flexibility index (Phi) is 5.91. The zero-order valence-corrected chi connectivity index (χ0v) is 14.5. The normalized spacial score (nSPS) is 14.3. The van der Waals surface area contributed by atoms with Gasteiger partial charge in [0, 0.05) is 6.20 Å². The van der Waals surface area contributed by atoms with E-state index in [9.17, 15) is 9.32 Å². The predicted octanol–water partition coefficient (Wildman–Crippen LogP) is 2.93. The van der Waals surface area contributed by atoms with E-state index in [0.29, 0.717) is 10.8 Å². The van der Waals surface area contributed by atoms with Gasteiger partial charge in [-0.3, -0.25) is 4.21 Å². The van der Waals surface area contributed by atoms with Crippen LogP contribution in [-0.4, -0.2) is 32.8 Å². The summed E-state index contributed by atoms with van der Waals surface area (Å²) in [7, 11) is -1.33. The molecule has 1 N–H and O–H groups in total. The number of hydrogen-bond acceptors (Lipinski definition) is 4. The highest BCUT2D eigenvalue weighted by atomic mass is 32.2. The van der Waals surface area contributed by atoms with Crippen molar-refractivity contribution in [2.75, 3.05) is 12.4 Å². The third-order valence-electron chi connectivity index (χ3n) is 3.38. The largest absolute Gasteiger partial charge is 0.491 e. The minimum atomic E-state index is -1.33. The summed E-state index contributed by atoms with van der Waals surface area (Å²) < 4.78 is 17.6. The second kappa shape index (κ2) is 7.70. The Labute approximate surface area is 140 Å². The van der Waals surface area contributed by atoms with Gasteiger partial charge in [-0.15, -0.1) is 0 Å². The van der Waals surface area contributed by atoms with Crippen molar-refractivity contribution in [2.45, 2.75) is 37.3 Å². The van der Waals surface area contributed by atoms with E-state index in [2.05, 4.69) is 25.8 Å². The van der Waals surface area contributed by atoms with Crippen molar-refractivity contribution in [1.82, 2.24) is 4.98 Å². The third-order valence-corrected chi connectivity index (χ3v) is 4.77. The van der Waals surface area contributed by atoms with Crippen LogP contribution in [0.1, 0.15) is 26.3 Å². The zero-order chi connectivity index (χ0) is 16.9. The van der Waals surface area contributed by atoms with E-state index >= 15 is 0 Å². The van der Waals surface area contributed by atoms with Crippen LogP contribution in [0, 0.1) is 0 Å². The highest BCUT2D eigenvalue weighted by Crippen LogP contribution is 2.24. The Morgan fingerprint density at radius 3 is 2.43 bits per heavy atom. The van der Waals surface area contributed by atoms with Crippen LogP contribution in [0.3, 0.4) is 0 Å². The highest BCUT2D eigenvalue weighted by Gasteiger charge is 2.15. The molecule has 5 heteroatoms. The lowest BCUT2D eigenvalue weighted by Gasteiger charge is -2.19. The second-order valence-electron chi connectivity index (χ2n) is 6.42. The molecule has 0 saturated carbocycles. The van der Waals surface area contributed by atoms with Crippen molar-refractivity contribution in [2.24, 2.45) is 0 Å². The van der Waals surface area contributed by atoms with Gasteiger partial charge in [0.05, 0.1) is 22.7 Å². The average Bonchev–Trinajstić information content (AvgIpc) is 2.53. The number of benzene rings is 1. The SMILES string of the molecule is CC(C)(C)c1ccc(OC[C@H](O)C[S@@](=O)c2ccccn2)cc1. The lowest BCUT2D eigenvalue weighted by molar-refractivity contribution is 0.125. The van der Waals surface area contributed by atoms with Crippen LogP contribution >= 0.6 is 0 Å². The molecule has 0 amide bonds. The van der Waals surface area contributed by atoms with Crippen LogP contribution in [0.15, 0.2) is 53.7 Å². The molecule has 0 spiro atoms. The van der Waals surface area contributed by atoms with E-state index in [-0.39, 0.29) is 17.8 Å². The molecule has 1 aromatic carbocycles. The number of hydrogen-bond donors (Lipinski definition) is 1. The fourth-order valence-electron chi connectivity index (χ4n) is 2.03. The summed E-state index contributed by atoms with van der Waals surface area (Å²) in [5.41, 5.74) is 1.32. The summed E-state index contributed by atoms with van der Waals surface area (Å²) in [6.45, 7) is 6.56. The van der Waals surface area contributed by atoms with Crippen LogP contribution in [0.5, 0.6) is 5.75 Å². The van der Waals surface area contributed by atoms with E-state index in [1.54, 1.807) is 24.4 Å². The van der Waals surface area contributed by atoms with Gasteiger partial charge in [-0.25, -0.2) is 4.98 Å². The molecule has 1 heterocycles. The second-order valence-corrected chi connectivity index (χ2v) is 7.86. The van der Waals surface area contributed by atoms with Crippen LogP contribution in [-0.2, 0) is 16.2 Å². The predicted molar refractivity (Wildman–Crippen MR) is 92.2 cm³/mol. The van der Waals surface area contributed by atoms with Gasteiger partial charge in [-0.1, -0.05) is 39.0 Å². The van der Waals surface area contributed by atoms with Gasteiger partial charge < -0.3 is 9.84 Å². The molecule has 0 fully saturated rings. The van der Waals surface area contributed by atoms with Crippen LogP contribution < -0.4 is 4.74 Å². The van der Waals surface area contributed by atoms with Gasteiger partial charge in [0.15, 0.2) is 0 Å². The molecule has 0 aliphatic rings. The molecular weight excluding hydrogens is 310 g/mol. The molecule has 0 unspecified atom stereocenters. The fraction of sp³-hybridized carbons (Fsp3) is 0.389. The van der Waals surface area contributed by atoms with Crippen molar-refractivity contribution in [3.05, 3.63) is 54.2 Å². The van der Waals surface area contributed by atoms with Crippen LogP contribution in [0.2, 0.25) is 0 Å². The Balaban J connectivity index is 1.85. The van der Waals surface area contributed by atoms with Gasteiger partial charge in [0.2, 0.25) is 0 Å². The summed E-state index contributed by atoms with van der Waals surface area (Å²) >= 11 is 0. The average molecular weight is 333 g/mol. The lowest BCUT2D eigenvalue weighted by atomic mass is 9.87. The number of rotatable bonds is 6. The van der Waals surface area contributed by atoms with Crippen molar-refractivity contribution < 1.29 is 14.1 Å². The smallest absolute Gasteiger partial charge is 0.127 e. The molecule has 2 atom stereocenters. The zero-order valence-electron chi connectivity index (χ0n) is 13.7. The molecule has 0 aliphatic carbocycles. The number of aliphatic hydroxyl groups excluding tert-OH is 1. The van der Waals surface area contributed by atoms with Gasteiger partial charge in [0.1, 0.15) is 17.4 Å². The van der Waals surface area contributed by atoms with E-state index in [4.69, 9.17) is 4.74 Å². The Morgan fingerprint density at radius 1 is 1.17 bits per heavy atom. The Hall–Kier alpha value is -1.72. The minimum Gasteiger partial charge on any atom is -0.491 e. The molecule has 2 aromatic rings. The summed E-state index contributed by atoms with van der Waals surface area (Å²) in [6, 6.07) is 13.1. The monoisotopic (exact) mass is 333 g/mol. The first-order valence-electron chi connectivity index (χ1n) is 7.57. The van der Waals surface area contributed by atoms with Crippen LogP contribution in [0.25, 0.3) is 0 Å². The molecule has 1 aromatic heterocycles. The maximum atomic E-state index is 12.1. The first-order valence-corrected chi connectivity index (χ1v) is 8.89. The first-order chi connectivity index (χ1) is 10.9. The van der Waals surface area contributed by atoms with Gasteiger partial charge >= 0.3 is 0 Å². The Morgan fingerprint density at radius 2 is 1.87 bits per heavy atom. The molecular formula is C18H23NO3S. The van der Waals surface area contributed by atoms with Gasteiger partial charge in [-0.05, 0) is 35.2 Å². The number of aliphatic hydroxyl groups is 1. The third kappa shape index (κ3) is 5.44. The van der Waals surface area contributed by atoms with E-state index in [1.807, 2.05) is 24.3 Å². The van der Waals surface area contributed by atoms with E-state index in [0.717, 1.165) is 0 Å². The standard InChI is InChI=1S/C18H23NO3S/c1-18(2,3)14-7-9-16(10-8-14)22-12-15(20)13-23(21)17-6-4-5-11-19-17/h4-11,15,20H,12-13H2,1-3H3/t15-,23+/m0/s1. The molecule has 0 bridgehead atoms. The fourth-order valence-corrected chi connectivity index (χ4v) is 3.06. The van der Waals surface area contributed by atoms with Gasteiger partial charge in [0.25, 0.3) is 0 Å². The van der Waals surface area contributed by atoms with Crippen molar-refractivity contribution in [3.8, 4) is 5.75 Å². The van der Waals surface area contributed by atoms with Crippen molar-refractivity contribution in [1.29, 1.82) is 0 Å². The summed E-state index contributed by atoms with van der Waals surface area (Å²) in [5, 5.41) is 10.5. The number of ether oxygens (including phenoxy) is 1.